The number of pyridine rings is 1. The number of aromatic nitrogens is 3. The Bertz CT molecular complexity index is 1100. The highest BCUT2D eigenvalue weighted by Crippen LogP contribution is 2.34. The summed E-state index contributed by atoms with van der Waals surface area (Å²) in [5.41, 5.74) is 0.928. The van der Waals surface area contributed by atoms with Crippen molar-refractivity contribution in [2.45, 2.75) is 6.92 Å². The Balaban J connectivity index is 2.42. The maximum absolute atomic E-state index is 12.4. The minimum atomic E-state index is -0.705. The lowest BCUT2D eigenvalue weighted by molar-refractivity contribution is 0.0512. The Morgan fingerprint density at radius 3 is 2.25 bits per heavy atom. The first-order chi connectivity index (χ1) is 13.4. The molecule has 0 amide bonds. The van der Waals surface area contributed by atoms with Gasteiger partial charge in [-0.1, -0.05) is 0 Å². The van der Waals surface area contributed by atoms with E-state index in [2.05, 4.69) is 15.0 Å². The molecule has 10 nitrogen and oxygen atoms in total. The van der Waals surface area contributed by atoms with Crippen LogP contribution in [0.5, 0.6) is 5.75 Å². The van der Waals surface area contributed by atoms with E-state index in [1.54, 1.807) is 13.0 Å². The molecule has 2 heterocycles. The monoisotopic (exact) mass is 387 g/mol. The Labute approximate surface area is 158 Å². The van der Waals surface area contributed by atoms with Crippen molar-refractivity contribution in [2.75, 3.05) is 27.9 Å². The highest BCUT2D eigenvalue weighted by Gasteiger charge is 2.24. The van der Waals surface area contributed by atoms with Gasteiger partial charge in [-0.3, -0.25) is 0 Å². The van der Waals surface area contributed by atoms with Gasteiger partial charge in [0.1, 0.15) is 22.5 Å². The summed E-state index contributed by atoms with van der Waals surface area (Å²) in [5, 5.41) is 0.318. The minimum Gasteiger partial charge on any atom is -0.494 e. The molecule has 0 unspecified atom stereocenters. The SMILES string of the molecule is CCOC(=O)c1nc2c(OC)cc3[nH]c(C(=O)OC)cc(C(=O)OC)c3c2n1. The van der Waals surface area contributed by atoms with Crippen LogP contribution >= 0.6 is 0 Å². The van der Waals surface area contributed by atoms with Gasteiger partial charge in [0.15, 0.2) is 0 Å². The zero-order valence-corrected chi connectivity index (χ0v) is 15.6. The molecule has 3 aromatic rings. The Hall–Kier alpha value is -3.69. The second kappa shape index (κ2) is 7.51. The molecule has 1 N–H and O–H groups in total. The highest BCUT2D eigenvalue weighted by molar-refractivity contribution is 6.16. The van der Waals surface area contributed by atoms with Gasteiger partial charge in [-0.15, -0.1) is 0 Å². The fourth-order valence-electron chi connectivity index (χ4n) is 2.79. The summed E-state index contributed by atoms with van der Waals surface area (Å²) in [4.78, 5) is 47.7. The number of methoxy groups -OCH3 is 3. The third kappa shape index (κ3) is 3.08. The molecule has 0 aliphatic heterocycles. The summed E-state index contributed by atoms with van der Waals surface area (Å²) >= 11 is 0. The lowest BCUT2D eigenvalue weighted by Gasteiger charge is -2.11. The average molecular weight is 387 g/mol. The largest absolute Gasteiger partial charge is 0.494 e. The zero-order valence-electron chi connectivity index (χ0n) is 15.6. The number of aromatic amines is 1. The first-order valence-corrected chi connectivity index (χ1v) is 8.20. The van der Waals surface area contributed by atoms with E-state index in [1.807, 2.05) is 0 Å². The molecule has 0 saturated heterocycles. The summed E-state index contributed by atoms with van der Waals surface area (Å²) in [6.45, 7) is 1.82. The van der Waals surface area contributed by atoms with E-state index in [9.17, 15) is 14.4 Å². The lowest BCUT2D eigenvalue weighted by atomic mass is 10.1. The van der Waals surface area contributed by atoms with Gasteiger partial charge in [0.25, 0.3) is 0 Å². The smallest absolute Gasteiger partial charge is 0.376 e. The standard InChI is InChI=1S/C18H17N3O7/c1-5-28-18(24)15-20-13-11(25-2)7-9-12(14(13)21-15)8(16(22)26-3)6-10(19-9)17(23)27-4/h6-7,19H,5H2,1-4H3. The van der Waals surface area contributed by atoms with Crippen LogP contribution in [-0.2, 0) is 14.2 Å². The fraction of sp³-hybridized carbons (Fsp3) is 0.278. The molecule has 0 bridgehead atoms. The highest BCUT2D eigenvalue weighted by atomic mass is 16.5. The number of hydrogen-bond acceptors (Lipinski definition) is 9. The first-order valence-electron chi connectivity index (χ1n) is 8.20. The third-order valence-corrected chi connectivity index (χ3v) is 3.99. The molecular weight excluding hydrogens is 370 g/mol. The van der Waals surface area contributed by atoms with Crippen molar-refractivity contribution in [3.63, 3.8) is 0 Å². The van der Waals surface area contributed by atoms with Crippen molar-refractivity contribution in [3.8, 4) is 5.75 Å². The molecule has 146 valence electrons. The Morgan fingerprint density at radius 2 is 1.64 bits per heavy atom. The van der Waals surface area contributed by atoms with Crippen molar-refractivity contribution < 1.29 is 33.3 Å². The number of fused-ring (bicyclic) bond motifs is 3. The summed E-state index contributed by atoms with van der Waals surface area (Å²) < 4.78 is 19.8. The van der Waals surface area contributed by atoms with Crippen molar-refractivity contribution in [2.24, 2.45) is 0 Å². The van der Waals surface area contributed by atoms with Crippen LogP contribution in [0, 0.1) is 0 Å². The van der Waals surface area contributed by atoms with Gasteiger partial charge < -0.3 is 23.9 Å². The van der Waals surface area contributed by atoms with Crippen LogP contribution in [0.15, 0.2) is 12.1 Å². The maximum atomic E-state index is 12.4. The lowest BCUT2D eigenvalue weighted by Crippen LogP contribution is -2.10. The topological polar surface area (TPSA) is 130 Å². The quantitative estimate of drug-likeness (QED) is 0.515. The van der Waals surface area contributed by atoms with Gasteiger partial charge in [0, 0.05) is 11.5 Å². The number of carbonyl (C=O) groups is 3. The second-order valence-electron chi connectivity index (χ2n) is 5.55. The van der Waals surface area contributed by atoms with Crippen molar-refractivity contribution in [1.29, 1.82) is 0 Å². The molecule has 1 aromatic carbocycles. The first kappa shape index (κ1) is 19.1. The maximum Gasteiger partial charge on any atom is 0.376 e. The molecule has 10 heteroatoms. The molecule has 0 fully saturated rings. The molecule has 28 heavy (non-hydrogen) atoms. The Morgan fingerprint density at radius 1 is 0.964 bits per heavy atom. The van der Waals surface area contributed by atoms with Gasteiger partial charge in [-0.25, -0.2) is 24.4 Å². The average Bonchev–Trinajstić information content (AvgIpc) is 3.16. The summed E-state index contributed by atoms with van der Waals surface area (Å²) in [7, 11) is 3.85. The predicted molar refractivity (Wildman–Crippen MR) is 96.6 cm³/mol. The van der Waals surface area contributed by atoms with E-state index in [-0.39, 0.29) is 34.7 Å². The normalized spacial score (nSPS) is 10.7. The molecular formula is C18H17N3O7. The number of rotatable bonds is 5. The number of imidazole rings is 1. The number of carbonyl (C=O) groups excluding carboxylic acids is 3. The Kier molecular flexibility index (Phi) is 5.12. The van der Waals surface area contributed by atoms with Crippen molar-refractivity contribution in [3.05, 3.63) is 29.2 Å². The molecule has 3 rings (SSSR count). The second-order valence-corrected chi connectivity index (χ2v) is 5.55. The van der Waals surface area contributed by atoms with Crippen LogP contribution in [0.4, 0.5) is 0 Å². The number of nitrogens with one attached hydrogen (secondary N) is 1. The van der Waals surface area contributed by atoms with Crippen LogP contribution in [0.2, 0.25) is 0 Å². The molecule has 0 aliphatic rings. The fourth-order valence-corrected chi connectivity index (χ4v) is 2.79. The van der Waals surface area contributed by atoms with Crippen LogP contribution in [0.3, 0.4) is 0 Å². The number of benzene rings is 1. The molecule has 0 saturated carbocycles. The third-order valence-electron chi connectivity index (χ3n) is 3.99. The minimum absolute atomic E-state index is 0.0296. The van der Waals surface area contributed by atoms with Crippen molar-refractivity contribution >= 4 is 39.8 Å². The number of hydrogen-bond donors (Lipinski definition) is 1. The van der Waals surface area contributed by atoms with E-state index in [0.29, 0.717) is 16.7 Å². The van der Waals surface area contributed by atoms with Crippen LogP contribution in [-0.4, -0.2) is 60.8 Å². The molecule has 0 atom stereocenters. The number of esters is 3. The van der Waals surface area contributed by atoms with Gasteiger partial charge >= 0.3 is 17.9 Å². The molecule has 0 spiro atoms. The van der Waals surface area contributed by atoms with Gasteiger partial charge in [0.05, 0.1) is 39.0 Å². The van der Waals surface area contributed by atoms with E-state index in [1.165, 1.54) is 27.4 Å². The van der Waals surface area contributed by atoms with E-state index >= 15 is 0 Å². The molecule has 2 aromatic heterocycles. The van der Waals surface area contributed by atoms with Crippen LogP contribution in [0.1, 0.15) is 38.4 Å². The van der Waals surface area contributed by atoms with Crippen molar-refractivity contribution in [1.82, 2.24) is 15.0 Å². The predicted octanol–water partition coefficient (Wildman–Crippen LogP) is 1.87. The summed E-state index contributed by atoms with van der Waals surface area (Å²) in [6.07, 6.45) is 0. The number of H-pyrrole nitrogens is 1. The number of nitrogens with zero attached hydrogens (tertiary/aromatic N) is 2. The molecule has 0 aliphatic carbocycles. The zero-order chi connectivity index (χ0) is 20.4. The van der Waals surface area contributed by atoms with E-state index in [0.717, 1.165) is 0 Å². The van der Waals surface area contributed by atoms with Crippen LogP contribution < -0.4 is 4.74 Å². The summed E-state index contributed by atoms with van der Waals surface area (Å²) in [6, 6.07) is 2.84. The van der Waals surface area contributed by atoms with Gasteiger partial charge in [-0.2, -0.15) is 0 Å². The molecule has 0 radical (unpaired) electrons. The van der Waals surface area contributed by atoms with E-state index < -0.39 is 17.9 Å². The summed E-state index contributed by atoms with van der Waals surface area (Å²) in [5.74, 6) is -1.96. The van der Waals surface area contributed by atoms with E-state index in [4.69, 9.17) is 18.9 Å². The van der Waals surface area contributed by atoms with Crippen LogP contribution in [0.25, 0.3) is 21.9 Å². The van der Waals surface area contributed by atoms with Gasteiger partial charge in [0.2, 0.25) is 5.82 Å². The van der Waals surface area contributed by atoms with Gasteiger partial charge in [-0.05, 0) is 13.0 Å². The number of ether oxygens (including phenoxy) is 4.